The van der Waals surface area contributed by atoms with Gasteiger partial charge in [0, 0.05) is 4.66 Å². The molecule has 0 N–H and O–H groups in total. The van der Waals surface area contributed by atoms with Crippen molar-refractivity contribution in [3.05, 3.63) is 11.3 Å². The molecule has 1 aliphatic heterocycles. The van der Waals surface area contributed by atoms with Gasteiger partial charge in [-0.25, -0.2) is 0 Å². The first-order chi connectivity index (χ1) is 10.5. The van der Waals surface area contributed by atoms with Crippen molar-refractivity contribution in [3.8, 4) is 0 Å². The van der Waals surface area contributed by atoms with Gasteiger partial charge in [0.25, 0.3) is 0 Å². The van der Waals surface area contributed by atoms with E-state index in [1.807, 2.05) is 0 Å². The molecule has 0 unspecified atom stereocenters. The smallest absolute Gasteiger partial charge is 0.201 e. The largest absolute Gasteiger partial charge is 0.454 e. The Morgan fingerprint density at radius 2 is 1.20 bits per heavy atom. The molecule has 25 heavy (non-hydrogen) atoms. The molecule has 0 spiro atoms. The Hall–Kier alpha value is 0.568. The van der Waals surface area contributed by atoms with Crippen LogP contribution in [0.15, 0.2) is 11.3 Å². The van der Waals surface area contributed by atoms with E-state index >= 15 is 0 Å². The topological polar surface area (TPSA) is 9.23 Å². The van der Waals surface area contributed by atoms with E-state index in [1.165, 1.54) is 0 Å². The molecule has 1 rings (SSSR count). The van der Waals surface area contributed by atoms with Crippen LogP contribution in [0.1, 0.15) is 41.5 Å². The molecule has 0 bridgehead atoms. The molecule has 0 aromatic heterocycles. The van der Waals surface area contributed by atoms with Crippen LogP contribution >= 0.6 is 0 Å². The lowest BCUT2D eigenvalue weighted by molar-refractivity contribution is 0.315. The van der Waals surface area contributed by atoms with E-state index in [9.17, 15) is 0 Å². The first-order valence-corrected chi connectivity index (χ1v) is 23.3. The van der Waals surface area contributed by atoms with E-state index in [1.54, 1.807) is 5.20 Å². The second-order valence-corrected chi connectivity index (χ2v) is 37.9. The molecule has 0 aromatic rings. The highest BCUT2D eigenvalue weighted by Crippen LogP contribution is 2.72. The highest BCUT2D eigenvalue weighted by atomic mass is 29.3. The van der Waals surface area contributed by atoms with Crippen molar-refractivity contribution in [2.24, 2.45) is 10.8 Å². The summed E-state index contributed by atoms with van der Waals surface area (Å²) >= 11 is 0. The zero-order valence-corrected chi connectivity index (χ0v) is 24.0. The van der Waals surface area contributed by atoms with Gasteiger partial charge in [0.05, 0.1) is 15.7 Å². The van der Waals surface area contributed by atoms with Gasteiger partial charge in [-0.05, 0) is 30.5 Å². The highest BCUT2D eigenvalue weighted by Gasteiger charge is 2.77. The average Bonchev–Trinajstić information content (AvgIpc) is 2.14. The van der Waals surface area contributed by atoms with Crippen molar-refractivity contribution in [2.75, 3.05) is 0 Å². The van der Waals surface area contributed by atoms with Gasteiger partial charge in [0.2, 0.25) is 7.83 Å². The van der Waals surface area contributed by atoms with Gasteiger partial charge in [-0.2, -0.15) is 0 Å². The standard InChI is InChI=1S/C20H46OSi4/c1-18(2,3)17-16-20(19(4,5)6,22(7,8)9)25(17,24(13,14)15)21-23(10,11)12/h16H,1-15H3/t20-,25-/m0/s1. The van der Waals surface area contributed by atoms with Crippen molar-refractivity contribution in [1.29, 1.82) is 0 Å². The second kappa shape index (κ2) is 6.03. The van der Waals surface area contributed by atoms with E-state index in [0.717, 1.165) is 0 Å². The van der Waals surface area contributed by atoms with E-state index in [-0.39, 0.29) is 10.8 Å². The molecule has 0 saturated carbocycles. The zero-order valence-electron chi connectivity index (χ0n) is 20.0. The van der Waals surface area contributed by atoms with Crippen molar-refractivity contribution in [3.63, 3.8) is 0 Å². The predicted molar refractivity (Wildman–Crippen MR) is 127 cm³/mol. The second-order valence-electron chi connectivity index (χ2n) is 13.3. The molecule has 0 amide bonds. The minimum atomic E-state index is -2.07. The molecular weight excluding hydrogens is 369 g/mol. The number of hydrogen-bond donors (Lipinski definition) is 0. The van der Waals surface area contributed by atoms with Crippen LogP contribution in [-0.2, 0) is 4.12 Å². The fourth-order valence-corrected chi connectivity index (χ4v) is 45.7. The average molecular weight is 415 g/mol. The Kier molecular flexibility index (Phi) is 5.69. The normalized spacial score (nSPS) is 29.3. The van der Waals surface area contributed by atoms with E-state index < -0.39 is 31.8 Å². The Bertz CT molecular complexity index is 531. The molecule has 1 heterocycles. The Labute approximate surface area is 163 Å². The van der Waals surface area contributed by atoms with Crippen LogP contribution in [0.5, 0.6) is 0 Å². The molecule has 0 saturated heterocycles. The van der Waals surface area contributed by atoms with Gasteiger partial charge < -0.3 is 4.12 Å². The third-order valence-electron chi connectivity index (χ3n) is 5.98. The van der Waals surface area contributed by atoms with Gasteiger partial charge >= 0.3 is 0 Å². The molecule has 0 aliphatic carbocycles. The molecule has 5 heteroatoms. The SMILES string of the molecule is CC(C)(C)C1=C[C@](C(C)(C)C)([Si](C)(C)C)[Si@@]1(O[Si](C)(C)C)[Si](C)(C)C. The maximum absolute atomic E-state index is 7.54. The number of allylic oxidation sites excluding steroid dienone is 2. The van der Waals surface area contributed by atoms with Crippen LogP contribution < -0.4 is 0 Å². The highest BCUT2D eigenvalue weighted by molar-refractivity contribution is 7.47. The summed E-state index contributed by atoms with van der Waals surface area (Å²) in [5.74, 6) is 0. The van der Waals surface area contributed by atoms with Gasteiger partial charge in [0.1, 0.15) is 0 Å². The van der Waals surface area contributed by atoms with Gasteiger partial charge in [-0.15, -0.1) is 0 Å². The van der Waals surface area contributed by atoms with Crippen molar-refractivity contribution in [2.45, 2.75) is 105 Å². The van der Waals surface area contributed by atoms with Crippen LogP contribution in [0.4, 0.5) is 0 Å². The summed E-state index contributed by atoms with van der Waals surface area (Å²) in [6, 6.07) is 0. The summed E-state index contributed by atoms with van der Waals surface area (Å²) < 4.78 is 7.86. The summed E-state index contributed by atoms with van der Waals surface area (Å²) in [5, 5.41) is 1.74. The molecule has 0 radical (unpaired) electrons. The lowest BCUT2D eigenvalue weighted by Gasteiger charge is -2.73. The Balaban J connectivity index is 4.04. The Morgan fingerprint density at radius 1 is 0.800 bits per heavy atom. The minimum Gasteiger partial charge on any atom is -0.454 e. The van der Waals surface area contributed by atoms with Gasteiger partial charge in [-0.1, -0.05) is 92.1 Å². The van der Waals surface area contributed by atoms with Crippen molar-refractivity contribution in [1.82, 2.24) is 0 Å². The molecule has 1 nitrogen and oxygen atoms in total. The Morgan fingerprint density at radius 3 is 1.40 bits per heavy atom. The van der Waals surface area contributed by atoms with Crippen LogP contribution in [-0.4, -0.2) is 31.8 Å². The summed E-state index contributed by atoms with van der Waals surface area (Å²) in [6.07, 6.45) is 2.77. The minimum absolute atomic E-state index is 0.223. The summed E-state index contributed by atoms with van der Waals surface area (Å²) in [6.45, 7) is 37.6. The van der Waals surface area contributed by atoms with Crippen LogP contribution in [0.2, 0.25) is 63.6 Å². The van der Waals surface area contributed by atoms with Crippen LogP contribution in [0.25, 0.3) is 0 Å². The molecule has 1 aliphatic rings. The number of hydrogen-bond acceptors (Lipinski definition) is 1. The number of rotatable bonds is 4. The maximum atomic E-state index is 7.54. The zero-order chi connectivity index (χ0) is 20.5. The summed E-state index contributed by atoms with van der Waals surface area (Å²) in [5.41, 5.74) is 0.485. The quantitative estimate of drug-likeness (QED) is 0.436. The van der Waals surface area contributed by atoms with E-state index in [2.05, 4.69) is 107 Å². The van der Waals surface area contributed by atoms with E-state index in [4.69, 9.17) is 4.12 Å². The fourth-order valence-electron chi connectivity index (χ4n) is 5.66. The van der Waals surface area contributed by atoms with Gasteiger partial charge in [-0.3, -0.25) is 0 Å². The summed E-state index contributed by atoms with van der Waals surface area (Å²) in [7, 11) is -6.78. The molecular formula is C20H46OSi4. The fraction of sp³-hybridized carbons (Fsp3) is 0.900. The third kappa shape index (κ3) is 3.53. The van der Waals surface area contributed by atoms with Crippen molar-refractivity contribution >= 4 is 31.8 Å². The predicted octanol–water partition coefficient (Wildman–Crippen LogP) is 7.39. The lowest BCUT2D eigenvalue weighted by atomic mass is 9.86. The summed E-state index contributed by atoms with van der Waals surface area (Å²) in [4.78, 5) is 0. The maximum Gasteiger partial charge on any atom is 0.201 e. The van der Waals surface area contributed by atoms with Crippen LogP contribution in [0, 0.1) is 10.8 Å². The molecule has 148 valence electrons. The monoisotopic (exact) mass is 414 g/mol. The van der Waals surface area contributed by atoms with E-state index in [0.29, 0.717) is 4.66 Å². The molecule has 0 fully saturated rings. The molecule has 2 atom stereocenters. The van der Waals surface area contributed by atoms with Crippen LogP contribution in [0.3, 0.4) is 0 Å². The van der Waals surface area contributed by atoms with Crippen molar-refractivity contribution < 1.29 is 4.12 Å². The van der Waals surface area contributed by atoms with Gasteiger partial charge in [0.15, 0.2) is 8.32 Å². The third-order valence-corrected chi connectivity index (χ3v) is 32.0. The lowest BCUT2D eigenvalue weighted by Crippen LogP contribution is -2.83. The molecule has 0 aromatic carbocycles. The first-order valence-electron chi connectivity index (χ1n) is 9.99. The first kappa shape index (κ1) is 23.6.